The number of fused-ring (bicyclic) bond motifs is 2. The van der Waals surface area contributed by atoms with Crippen molar-refractivity contribution in [1.82, 2.24) is 9.24 Å². The molecule has 0 radical (unpaired) electrons. The number of aromatic carboxylic acids is 1. The Kier molecular flexibility index (Phi) is 5.95. The average Bonchev–Trinajstić information content (AvgIpc) is 3.55. The number of halogens is 1. The molecule has 12 heteroatoms. The summed E-state index contributed by atoms with van der Waals surface area (Å²) in [5.41, 5.74) is -0.227. The highest BCUT2D eigenvalue weighted by Crippen LogP contribution is 2.53. The van der Waals surface area contributed by atoms with Crippen LogP contribution in [0.25, 0.3) is 10.9 Å². The maximum Gasteiger partial charge on any atom is 0.405 e. The average molecular weight is 509 g/mol. The van der Waals surface area contributed by atoms with Gasteiger partial charge in [0, 0.05) is 44.5 Å². The normalized spacial score (nSPS) is 24.4. The zero-order valence-electron chi connectivity index (χ0n) is 19.9. The van der Waals surface area contributed by atoms with Crippen LogP contribution in [0.1, 0.15) is 47.8 Å². The molecule has 3 aliphatic rings. The van der Waals surface area contributed by atoms with E-state index < -0.39 is 25.0 Å². The number of hydrogen-bond donors (Lipinski definition) is 2. The van der Waals surface area contributed by atoms with Crippen molar-refractivity contribution in [1.29, 1.82) is 0 Å². The number of carboxylic acids is 1. The van der Waals surface area contributed by atoms with Gasteiger partial charge in [0.2, 0.25) is 5.43 Å². The first-order chi connectivity index (χ1) is 16.6. The van der Waals surface area contributed by atoms with Crippen molar-refractivity contribution in [2.24, 2.45) is 5.92 Å². The summed E-state index contributed by atoms with van der Waals surface area (Å²) in [7, 11) is -1.36. The molecule has 0 amide bonds. The smallest absolute Gasteiger partial charge is 0.405 e. The highest BCUT2D eigenvalue weighted by atomic mass is 31.2. The second-order valence-corrected chi connectivity index (χ2v) is 11.4. The second kappa shape index (κ2) is 8.58. The van der Waals surface area contributed by atoms with E-state index in [2.05, 4.69) is 0 Å². The van der Waals surface area contributed by atoms with Crippen molar-refractivity contribution in [2.75, 3.05) is 38.8 Å². The van der Waals surface area contributed by atoms with E-state index in [0.717, 1.165) is 31.7 Å². The predicted octanol–water partition coefficient (Wildman–Crippen LogP) is 3.14. The number of aromatic nitrogens is 1. The highest BCUT2D eigenvalue weighted by molar-refractivity contribution is 7.50. The molecular formula is C23H29FN3O7P. The Morgan fingerprint density at radius 1 is 1.23 bits per heavy atom. The first kappa shape index (κ1) is 24.2. The Labute approximate surface area is 201 Å². The van der Waals surface area contributed by atoms with Crippen molar-refractivity contribution < 1.29 is 33.0 Å². The molecule has 0 bridgehead atoms. The molecule has 3 heterocycles. The lowest BCUT2D eigenvalue weighted by molar-refractivity contribution is 0.0693. The number of rotatable bonds is 6. The van der Waals surface area contributed by atoms with Gasteiger partial charge in [0.05, 0.1) is 18.0 Å². The van der Waals surface area contributed by atoms with E-state index in [-0.39, 0.29) is 46.9 Å². The Balaban J connectivity index is 1.69. The predicted molar refractivity (Wildman–Crippen MR) is 127 cm³/mol. The van der Waals surface area contributed by atoms with Crippen LogP contribution < -0.4 is 15.1 Å². The molecule has 1 aromatic heterocycles. The lowest BCUT2D eigenvalue weighted by Gasteiger charge is -2.37. The molecule has 2 N–H and O–H groups in total. The standard InChI is InChI=1S/C23H29FN3O7P/c1-12-18(23(29)30)21(28)15-9-16(24)20(22(33-2)19(15)27(12)14-6-7-14)25-10-13-5-4-8-26(17(13)11-25)35(31,32)34-3/h9,13-14,17H,4-8,10-11H2,1-3H3,(H,29,30)(H,31,32). The van der Waals surface area contributed by atoms with Gasteiger partial charge in [-0.3, -0.25) is 4.79 Å². The lowest BCUT2D eigenvalue weighted by Crippen LogP contribution is -2.43. The Hall–Kier alpha value is -2.46. The first-order valence-corrected chi connectivity index (χ1v) is 13.2. The molecule has 1 aromatic carbocycles. The molecule has 2 aromatic rings. The van der Waals surface area contributed by atoms with Gasteiger partial charge < -0.3 is 28.7 Å². The van der Waals surface area contributed by atoms with Crippen LogP contribution in [-0.2, 0) is 9.09 Å². The molecule has 10 nitrogen and oxygen atoms in total. The number of anilines is 1. The molecule has 3 unspecified atom stereocenters. The van der Waals surface area contributed by atoms with Gasteiger partial charge >= 0.3 is 13.7 Å². The largest absolute Gasteiger partial charge is 0.492 e. The number of benzene rings is 1. The second-order valence-electron chi connectivity index (χ2n) is 9.54. The number of ether oxygens (including phenoxy) is 1. The van der Waals surface area contributed by atoms with Crippen LogP contribution in [0.4, 0.5) is 10.1 Å². The van der Waals surface area contributed by atoms with E-state index >= 15 is 4.39 Å². The van der Waals surface area contributed by atoms with Crippen LogP contribution in [0.15, 0.2) is 10.9 Å². The Morgan fingerprint density at radius 3 is 2.54 bits per heavy atom. The summed E-state index contributed by atoms with van der Waals surface area (Å²) in [5, 5.41) is 9.65. The van der Waals surface area contributed by atoms with Gasteiger partial charge in [-0.15, -0.1) is 0 Å². The lowest BCUT2D eigenvalue weighted by atomic mass is 9.94. The van der Waals surface area contributed by atoms with Crippen molar-refractivity contribution in [2.45, 2.75) is 44.7 Å². The molecule has 3 atom stereocenters. The van der Waals surface area contributed by atoms with Crippen LogP contribution in [0.2, 0.25) is 0 Å². The maximum atomic E-state index is 15.7. The SMILES string of the molecule is COc1c(N2CC3CCCN(P(=O)(O)OC)C3C2)c(F)cc2c(=O)c(C(=O)O)c(C)n(C3CC3)c12. The Bertz CT molecular complexity index is 1320. The van der Waals surface area contributed by atoms with E-state index in [9.17, 15) is 24.2 Å². The molecule has 35 heavy (non-hydrogen) atoms. The number of pyridine rings is 1. The quantitative estimate of drug-likeness (QED) is 0.566. The molecule has 2 aliphatic heterocycles. The number of hydrogen-bond acceptors (Lipinski definition) is 6. The van der Waals surface area contributed by atoms with E-state index in [0.29, 0.717) is 24.3 Å². The molecule has 1 aliphatic carbocycles. The molecule has 2 saturated heterocycles. The van der Waals surface area contributed by atoms with E-state index in [1.165, 1.54) is 18.9 Å². The van der Waals surface area contributed by atoms with Crippen LogP contribution in [-0.4, -0.2) is 65.1 Å². The summed E-state index contributed by atoms with van der Waals surface area (Å²) in [6, 6.07) is 0.801. The molecule has 5 rings (SSSR count). The zero-order valence-corrected chi connectivity index (χ0v) is 20.8. The van der Waals surface area contributed by atoms with E-state index in [1.807, 2.05) is 0 Å². The molecular weight excluding hydrogens is 480 g/mol. The van der Waals surface area contributed by atoms with Crippen LogP contribution in [0, 0.1) is 18.7 Å². The van der Waals surface area contributed by atoms with Gasteiger partial charge in [-0.1, -0.05) is 0 Å². The van der Waals surface area contributed by atoms with Gasteiger partial charge in [0.15, 0.2) is 11.6 Å². The number of piperidine rings is 1. The summed E-state index contributed by atoms with van der Waals surface area (Å²) in [5.74, 6) is -1.84. The maximum absolute atomic E-state index is 15.7. The number of carboxylic acid groups (broad SMARTS) is 1. The monoisotopic (exact) mass is 509 g/mol. The summed E-state index contributed by atoms with van der Waals surface area (Å²) in [6.45, 7) is 2.74. The van der Waals surface area contributed by atoms with E-state index in [4.69, 9.17) is 9.26 Å². The summed E-state index contributed by atoms with van der Waals surface area (Å²) in [4.78, 5) is 37.1. The fourth-order valence-electron chi connectivity index (χ4n) is 5.89. The topological polar surface area (TPSA) is 122 Å². The minimum absolute atomic E-state index is 0.00188. The van der Waals surface area contributed by atoms with Crippen LogP contribution in [0.3, 0.4) is 0 Å². The van der Waals surface area contributed by atoms with Crippen LogP contribution >= 0.6 is 7.75 Å². The van der Waals surface area contributed by atoms with Gasteiger partial charge in [-0.25, -0.2) is 18.4 Å². The zero-order chi connectivity index (χ0) is 25.2. The summed E-state index contributed by atoms with van der Waals surface area (Å²) < 4.78 is 42.2. The van der Waals surface area contributed by atoms with Crippen molar-refractivity contribution in [3.63, 3.8) is 0 Å². The summed E-state index contributed by atoms with van der Waals surface area (Å²) >= 11 is 0. The fraction of sp³-hybridized carbons (Fsp3) is 0.565. The number of carbonyl (C=O) groups is 1. The van der Waals surface area contributed by atoms with Crippen molar-refractivity contribution in [3.05, 3.63) is 33.4 Å². The van der Waals surface area contributed by atoms with Crippen LogP contribution in [0.5, 0.6) is 5.75 Å². The minimum Gasteiger partial charge on any atom is -0.492 e. The molecule has 3 fully saturated rings. The molecule has 1 saturated carbocycles. The third kappa shape index (κ3) is 3.76. The van der Waals surface area contributed by atoms with Gasteiger partial charge in [0.1, 0.15) is 11.3 Å². The fourth-order valence-corrected chi connectivity index (χ4v) is 7.13. The van der Waals surface area contributed by atoms with Gasteiger partial charge in [-0.2, -0.15) is 0 Å². The minimum atomic E-state index is -3.97. The third-order valence-electron chi connectivity index (χ3n) is 7.58. The molecule has 190 valence electrons. The Morgan fingerprint density at radius 2 is 1.94 bits per heavy atom. The number of methoxy groups -OCH3 is 1. The number of nitrogens with zero attached hydrogens (tertiary/aromatic N) is 3. The van der Waals surface area contributed by atoms with Gasteiger partial charge in [-0.05, 0) is 44.6 Å². The van der Waals surface area contributed by atoms with Crippen molar-refractivity contribution in [3.8, 4) is 5.75 Å². The third-order valence-corrected chi connectivity index (χ3v) is 9.20. The molecule has 0 spiro atoms. The first-order valence-electron chi connectivity index (χ1n) is 11.7. The summed E-state index contributed by atoms with van der Waals surface area (Å²) in [6.07, 6.45) is 3.18. The van der Waals surface area contributed by atoms with Gasteiger partial charge in [0.25, 0.3) is 0 Å². The highest BCUT2D eigenvalue weighted by Gasteiger charge is 2.47. The van der Waals surface area contributed by atoms with E-state index in [1.54, 1.807) is 16.4 Å². The van der Waals surface area contributed by atoms with Crippen molar-refractivity contribution >= 4 is 30.3 Å².